The van der Waals surface area contributed by atoms with Crippen LogP contribution in [0.5, 0.6) is 17.2 Å². The summed E-state index contributed by atoms with van der Waals surface area (Å²) in [6, 6.07) is 3.52. The van der Waals surface area contributed by atoms with Gasteiger partial charge in [0, 0.05) is 19.2 Å². The van der Waals surface area contributed by atoms with Crippen molar-refractivity contribution in [3.63, 3.8) is 0 Å². The van der Waals surface area contributed by atoms with Gasteiger partial charge in [-0.25, -0.2) is 0 Å². The molecule has 0 bridgehead atoms. The first kappa shape index (κ1) is 17.8. The van der Waals surface area contributed by atoms with Gasteiger partial charge >= 0.3 is 0 Å². The van der Waals surface area contributed by atoms with Crippen molar-refractivity contribution in [1.82, 2.24) is 5.32 Å². The highest BCUT2D eigenvalue weighted by Gasteiger charge is 2.12. The number of benzene rings is 1. The van der Waals surface area contributed by atoms with E-state index in [1.165, 1.54) is 13.2 Å². The van der Waals surface area contributed by atoms with Crippen LogP contribution in [0.4, 0.5) is 0 Å². The second-order valence-electron chi connectivity index (χ2n) is 4.51. The lowest BCUT2D eigenvalue weighted by Gasteiger charge is -2.12. The summed E-state index contributed by atoms with van der Waals surface area (Å²) < 4.78 is 15.8. The van der Waals surface area contributed by atoms with Gasteiger partial charge in [0.05, 0.1) is 21.3 Å². The SMILES string of the molecule is COc1cc(C=CC(=O)NCCCCO)cc(OC)c1OC. The third-order valence-corrected chi connectivity index (χ3v) is 3.00. The molecular formula is C16H23NO5. The predicted molar refractivity (Wildman–Crippen MR) is 84.5 cm³/mol. The first-order valence-electron chi connectivity index (χ1n) is 7.03. The maximum absolute atomic E-state index is 11.7. The smallest absolute Gasteiger partial charge is 0.243 e. The van der Waals surface area contributed by atoms with Gasteiger partial charge in [0.15, 0.2) is 11.5 Å². The predicted octanol–water partition coefficient (Wildman–Crippen LogP) is 1.61. The molecule has 6 heteroatoms. The number of ether oxygens (including phenoxy) is 3. The molecule has 0 unspecified atom stereocenters. The maximum Gasteiger partial charge on any atom is 0.243 e. The van der Waals surface area contributed by atoms with Gasteiger partial charge in [-0.3, -0.25) is 4.79 Å². The third kappa shape index (κ3) is 5.29. The van der Waals surface area contributed by atoms with E-state index in [1.54, 1.807) is 32.4 Å². The Kier molecular flexibility index (Phi) is 7.85. The Bertz CT molecular complexity index is 488. The van der Waals surface area contributed by atoms with Crippen LogP contribution in [-0.2, 0) is 4.79 Å². The van der Waals surface area contributed by atoms with E-state index < -0.39 is 0 Å². The Labute approximate surface area is 130 Å². The quantitative estimate of drug-likeness (QED) is 0.535. The minimum atomic E-state index is -0.188. The molecule has 0 aliphatic heterocycles. The Balaban J connectivity index is 2.76. The lowest BCUT2D eigenvalue weighted by Crippen LogP contribution is -2.22. The molecule has 1 aromatic carbocycles. The summed E-state index contributed by atoms with van der Waals surface area (Å²) in [5.74, 6) is 1.39. The van der Waals surface area contributed by atoms with Gasteiger partial charge in [-0.15, -0.1) is 0 Å². The summed E-state index contributed by atoms with van der Waals surface area (Å²) in [5, 5.41) is 11.4. The fourth-order valence-electron chi connectivity index (χ4n) is 1.88. The highest BCUT2D eigenvalue weighted by molar-refractivity contribution is 5.91. The first-order chi connectivity index (χ1) is 10.7. The highest BCUT2D eigenvalue weighted by atomic mass is 16.5. The van der Waals surface area contributed by atoms with Crippen molar-refractivity contribution in [2.24, 2.45) is 0 Å². The number of carbonyl (C=O) groups excluding carboxylic acids is 1. The number of amides is 1. The highest BCUT2D eigenvalue weighted by Crippen LogP contribution is 2.38. The monoisotopic (exact) mass is 309 g/mol. The van der Waals surface area contributed by atoms with E-state index >= 15 is 0 Å². The number of hydrogen-bond donors (Lipinski definition) is 2. The van der Waals surface area contributed by atoms with Crippen molar-refractivity contribution < 1.29 is 24.1 Å². The van der Waals surface area contributed by atoms with Crippen LogP contribution in [0.2, 0.25) is 0 Å². The van der Waals surface area contributed by atoms with Crippen molar-refractivity contribution in [2.75, 3.05) is 34.5 Å². The Hall–Kier alpha value is -2.21. The number of unbranched alkanes of at least 4 members (excludes halogenated alkanes) is 1. The zero-order valence-corrected chi connectivity index (χ0v) is 13.2. The number of carbonyl (C=O) groups is 1. The summed E-state index contributed by atoms with van der Waals surface area (Å²) in [6.45, 7) is 0.677. The number of aliphatic hydroxyl groups is 1. The molecule has 0 radical (unpaired) electrons. The zero-order chi connectivity index (χ0) is 16.4. The van der Waals surface area contributed by atoms with E-state index in [0.29, 0.717) is 30.2 Å². The molecule has 0 aliphatic rings. The van der Waals surface area contributed by atoms with E-state index in [2.05, 4.69) is 5.32 Å². The molecule has 122 valence electrons. The van der Waals surface area contributed by atoms with Crippen LogP contribution in [0.25, 0.3) is 6.08 Å². The summed E-state index contributed by atoms with van der Waals surface area (Å²) in [5.41, 5.74) is 0.764. The minimum absolute atomic E-state index is 0.136. The van der Waals surface area contributed by atoms with Crippen LogP contribution in [0.3, 0.4) is 0 Å². The Morgan fingerprint density at radius 2 is 1.77 bits per heavy atom. The van der Waals surface area contributed by atoms with E-state index in [9.17, 15) is 4.79 Å². The average Bonchev–Trinajstić information content (AvgIpc) is 2.55. The van der Waals surface area contributed by atoms with Gasteiger partial charge in [-0.1, -0.05) is 0 Å². The Morgan fingerprint density at radius 1 is 1.14 bits per heavy atom. The molecule has 1 amide bonds. The van der Waals surface area contributed by atoms with Crippen LogP contribution in [0.1, 0.15) is 18.4 Å². The number of nitrogens with one attached hydrogen (secondary N) is 1. The van der Waals surface area contributed by atoms with E-state index in [4.69, 9.17) is 19.3 Å². The van der Waals surface area contributed by atoms with Crippen LogP contribution >= 0.6 is 0 Å². The molecule has 0 spiro atoms. The van der Waals surface area contributed by atoms with Gasteiger partial charge in [0.25, 0.3) is 0 Å². The second-order valence-corrected chi connectivity index (χ2v) is 4.51. The lowest BCUT2D eigenvalue weighted by atomic mass is 10.1. The molecule has 1 aromatic rings. The molecule has 22 heavy (non-hydrogen) atoms. The average molecular weight is 309 g/mol. The summed E-state index contributed by atoms with van der Waals surface area (Å²) in [7, 11) is 4.62. The fourth-order valence-corrected chi connectivity index (χ4v) is 1.88. The normalized spacial score (nSPS) is 10.5. The van der Waals surface area contributed by atoms with E-state index in [-0.39, 0.29) is 12.5 Å². The third-order valence-electron chi connectivity index (χ3n) is 3.00. The fraction of sp³-hybridized carbons (Fsp3) is 0.438. The number of hydrogen-bond acceptors (Lipinski definition) is 5. The number of aliphatic hydroxyl groups excluding tert-OH is 1. The standard InChI is InChI=1S/C16H23NO5/c1-20-13-10-12(11-14(21-2)16(13)22-3)6-7-15(19)17-8-4-5-9-18/h6-7,10-11,18H,4-5,8-9H2,1-3H3,(H,17,19). The van der Waals surface area contributed by atoms with Crippen molar-refractivity contribution in [1.29, 1.82) is 0 Å². The summed E-state index contributed by atoms with van der Waals surface area (Å²) >= 11 is 0. The van der Waals surface area contributed by atoms with Crippen LogP contribution in [0.15, 0.2) is 18.2 Å². The van der Waals surface area contributed by atoms with Gasteiger partial charge in [0.2, 0.25) is 11.7 Å². The molecular weight excluding hydrogens is 286 g/mol. The van der Waals surface area contributed by atoms with Gasteiger partial charge in [0.1, 0.15) is 0 Å². The molecule has 6 nitrogen and oxygen atoms in total. The number of methoxy groups -OCH3 is 3. The summed E-state index contributed by atoms with van der Waals surface area (Å²) in [6.07, 6.45) is 4.54. The maximum atomic E-state index is 11.7. The van der Waals surface area contributed by atoms with Crippen molar-refractivity contribution in [2.45, 2.75) is 12.8 Å². The van der Waals surface area contributed by atoms with Gasteiger partial charge < -0.3 is 24.6 Å². The van der Waals surface area contributed by atoms with E-state index in [0.717, 1.165) is 12.0 Å². The first-order valence-corrected chi connectivity index (χ1v) is 7.03. The summed E-state index contributed by atoms with van der Waals surface area (Å²) in [4.78, 5) is 11.7. The molecule has 0 atom stereocenters. The number of rotatable bonds is 9. The van der Waals surface area contributed by atoms with Crippen LogP contribution in [0, 0.1) is 0 Å². The Morgan fingerprint density at radius 3 is 2.27 bits per heavy atom. The van der Waals surface area contributed by atoms with Crippen molar-refractivity contribution in [3.05, 3.63) is 23.8 Å². The molecule has 0 fully saturated rings. The molecule has 0 aromatic heterocycles. The second kappa shape index (κ2) is 9.68. The molecule has 0 saturated heterocycles. The molecule has 2 N–H and O–H groups in total. The van der Waals surface area contributed by atoms with Gasteiger partial charge in [-0.05, 0) is 36.6 Å². The lowest BCUT2D eigenvalue weighted by molar-refractivity contribution is -0.116. The topological polar surface area (TPSA) is 77.0 Å². The van der Waals surface area contributed by atoms with Crippen LogP contribution in [-0.4, -0.2) is 45.5 Å². The van der Waals surface area contributed by atoms with Gasteiger partial charge in [-0.2, -0.15) is 0 Å². The zero-order valence-electron chi connectivity index (χ0n) is 13.2. The minimum Gasteiger partial charge on any atom is -0.493 e. The van der Waals surface area contributed by atoms with Crippen molar-refractivity contribution >= 4 is 12.0 Å². The molecule has 0 aliphatic carbocycles. The molecule has 0 heterocycles. The van der Waals surface area contributed by atoms with Crippen molar-refractivity contribution in [3.8, 4) is 17.2 Å². The molecule has 1 rings (SSSR count). The molecule has 0 saturated carbocycles. The van der Waals surface area contributed by atoms with Crippen LogP contribution < -0.4 is 19.5 Å². The largest absolute Gasteiger partial charge is 0.493 e. The van der Waals surface area contributed by atoms with E-state index in [1.807, 2.05) is 0 Å².